The van der Waals surface area contributed by atoms with Crippen molar-refractivity contribution in [2.45, 2.75) is 224 Å². The van der Waals surface area contributed by atoms with Crippen LogP contribution in [0.25, 0.3) is 63.3 Å². The van der Waals surface area contributed by atoms with E-state index in [2.05, 4.69) is 254 Å². The highest BCUT2D eigenvalue weighted by Gasteiger charge is 2.46. The highest BCUT2D eigenvalue weighted by molar-refractivity contribution is 6.01. The zero-order valence-corrected chi connectivity index (χ0v) is 84.0. The smallest absolute Gasteiger partial charge is 0.229 e. The van der Waals surface area contributed by atoms with E-state index in [0.29, 0.717) is 81.9 Å². The van der Waals surface area contributed by atoms with E-state index in [0.717, 1.165) is 161 Å². The van der Waals surface area contributed by atoms with Gasteiger partial charge < -0.3 is 45.8 Å². The Labute approximate surface area is 833 Å². The van der Waals surface area contributed by atoms with Crippen LogP contribution in [0.2, 0.25) is 0 Å². The van der Waals surface area contributed by atoms with Gasteiger partial charge in [-0.15, -0.1) is 0 Å². The Morgan fingerprint density at radius 2 is 0.669 bits per heavy atom. The number of piperazine rings is 1. The number of rotatable bonds is 19. The van der Waals surface area contributed by atoms with Crippen molar-refractivity contribution in [1.29, 1.82) is 0 Å². The number of piperidine rings is 3. The molecule has 23 rings (SSSR count). The minimum absolute atomic E-state index is 0.116. The molecule has 5 aliphatic heterocycles. The van der Waals surface area contributed by atoms with Crippen molar-refractivity contribution in [1.82, 2.24) is 79.4 Å². The molecule has 734 valence electrons. The molecular formula is C116H132F4N22. The third kappa shape index (κ3) is 19.8. The summed E-state index contributed by atoms with van der Waals surface area (Å²) in [7, 11) is 4.34. The van der Waals surface area contributed by atoms with E-state index in [9.17, 15) is 17.6 Å². The lowest BCUT2D eigenvalue weighted by molar-refractivity contribution is 0.222. The number of likely N-dealkylation sites (N-methyl/N-ethyl adjacent to an activating group) is 1. The lowest BCUT2D eigenvalue weighted by Crippen LogP contribution is -2.46. The van der Waals surface area contributed by atoms with E-state index in [1.165, 1.54) is 181 Å². The van der Waals surface area contributed by atoms with Crippen LogP contribution in [0.5, 0.6) is 0 Å². The molecule has 3 saturated carbocycles. The number of halogens is 4. The maximum absolute atomic E-state index is 14.9. The number of benzene rings is 4. The minimum atomic E-state index is -0.450. The van der Waals surface area contributed by atoms with Gasteiger partial charge in [-0.25, -0.2) is 77.4 Å². The summed E-state index contributed by atoms with van der Waals surface area (Å²) >= 11 is 0. The molecule has 3 spiro atoms. The Morgan fingerprint density at radius 1 is 0.345 bits per heavy atom. The Hall–Kier alpha value is -12.8. The molecule has 1 unspecified atom stereocenters. The number of likely N-dealkylation sites (tertiary alicyclic amines) is 3. The van der Waals surface area contributed by atoms with Crippen LogP contribution in [-0.4, -0.2) is 178 Å². The van der Waals surface area contributed by atoms with Gasteiger partial charge in [-0.05, 0) is 324 Å². The molecule has 6 aliphatic carbocycles. The summed E-state index contributed by atoms with van der Waals surface area (Å²) in [6.45, 7) is 32.7. The van der Waals surface area contributed by atoms with Gasteiger partial charge in [0.25, 0.3) is 0 Å². The molecule has 26 heteroatoms. The minimum Gasteiger partial charge on any atom is -0.368 e. The first-order valence-electron chi connectivity index (χ1n) is 51.7. The number of aryl methyl sites for hydroxylation is 1. The van der Waals surface area contributed by atoms with Gasteiger partial charge in [-0.1, -0.05) is 156 Å². The molecule has 4 aromatic carbocycles. The summed E-state index contributed by atoms with van der Waals surface area (Å²) in [6, 6.07) is 39.0. The van der Waals surface area contributed by atoms with E-state index in [1.54, 1.807) is 0 Å². The fourth-order valence-electron chi connectivity index (χ4n) is 24.2. The zero-order chi connectivity index (χ0) is 98.1. The van der Waals surface area contributed by atoms with Gasteiger partial charge in [-0.2, -0.15) is 0 Å². The topological polar surface area (TPSA) is 231 Å². The second-order valence-corrected chi connectivity index (χ2v) is 41.5. The number of allylic oxidation sites excluding steroid dienone is 3. The summed E-state index contributed by atoms with van der Waals surface area (Å²) in [6.07, 6.45) is 41.9. The quantitative estimate of drug-likeness (QED) is 0.0551. The van der Waals surface area contributed by atoms with Crippen LogP contribution in [0.4, 0.5) is 76.0 Å². The van der Waals surface area contributed by atoms with Gasteiger partial charge in [0.2, 0.25) is 23.8 Å². The molecule has 8 aromatic heterocycles. The van der Waals surface area contributed by atoms with Crippen LogP contribution in [0.1, 0.15) is 256 Å². The van der Waals surface area contributed by atoms with Crippen molar-refractivity contribution in [3.8, 4) is 45.0 Å². The van der Waals surface area contributed by atoms with Crippen LogP contribution in [0, 0.1) is 30.2 Å². The first kappa shape index (κ1) is 96.7. The van der Waals surface area contributed by atoms with Crippen LogP contribution >= 0.6 is 0 Å². The lowest BCUT2D eigenvalue weighted by atomic mass is 9.76. The number of pyridine rings is 4. The van der Waals surface area contributed by atoms with Crippen molar-refractivity contribution in [2.24, 2.45) is 4.99 Å². The van der Waals surface area contributed by atoms with Crippen LogP contribution in [0.3, 0.4) is 0 Å². The number of aromatic nitrogens is 12. The Morgan fingerprint density at radius 3 is 0.993 bits per heavy atom. The first-order chi connectivity index (χ1) is 68.9. The molecule has 0 bridgehead atoms. The summed E-state index contributed by atoms with van der Waals surface area (Å²) < 4.78 is 59.6. The van der Waals surface area contributed by atoms with Gasteiger partial charge in [0.1, 0.15) is 46.0 Å². The lowest BCUT2D eigenvalue weighted by Gasteiger charge is -2.35. The van der Waals surface area contributed by atoms with E-state index >= 15 is 0 Å². The number of hydrogen-bond acceptors (Lipinski definition) is 22. The number of fused-ring (bicyclic) bond motifs is 7. The zero-order valence-electron chi connectivity index (χ0n) is 84.0. The molecule has 4 saturated heterocycles. The Bertz CT molecular complexity index is 6530. The van der Waals surface area contributed by atoms with Gasteiger partial charge in [-0.3, -0.25) is 4.99 Å². The molecule has 12 aromatic rings. The first-order valence-corrected chi connectivity index (χ1v) is 51.7. The highest BCUT2D eigenvalue weighted by Crippen LogP contribution is 2.57. The number of nitrogens with zero attached hydrogens (tertiary/aromatic N) is 18. The SMILES string of the molecule is CC1=Cc2ccc(-c3nc(Nc4ccc(C5CCN(C)CC5)cn4)ncc3F)cc2C12CCCC2.CCC1(C)C(C)=Nc2c(C)cc(-c3nc(Nc4ccc(C5CCN(C)CC5)cn4)ncc3F)cc21.CCN1CCC(c2ccc(Nc3ncc(F)c(-c4ccc5c(c4)C4(CCCC4)C(C)=C5)n3)nc2)CC1.CCN1CCN(c2ccc(Nc3ncc(F)c(-c4ccc5c(c4)C4(CCCC4)C(C)=C5)n3)nc2)CC1. The highest BCUT2D eigenvalue weighted by atomic mass is 19.1. The number of aliphatic imine (C=N–C) groups is 1. The van der Waals surface area contributed by atoms with E-state index in [4.69, 9.17) is 4.99 Å². The van der Waals surface area contributed by atoms with Crippen molar-refractivity contribution in [3.63, 3.8) is 0 Å². The summed E-state index contributed by atoms with van der Waals surface area (Å²) in [5, 5.41) is 12.7. The molecule has 142 heavy (non-hydrogen) atoms. The van der Waals surface area contributed by atoms with Crippen LogP contribution < -0.4 is 26.2 Å². The monoisotopic (exact) mass is 1910 g/mol. The fraction of sp³-hybridized carbons (Fsp3) is 0.422. The van der Waals surface area contributed by atoms with Gasteiger partial charge in [0.05, 0.1) is 42.4 Å². The summed E-state index contributed by atoms with van der Waals surface area (Å²) in [4.78, 5) is 70.2. The molecule has 0 radical (unpaired) electrons. The van der Waals surface area contributed by atoms with Gasteiger partial charge >= 0.3 is 0 Å². The second-order valence-electron chi connectivity index (χ2n) is 41.5. The standard InChI is InChI=1S/C30H34FN5.C29H33FN6.C29H32FN5.C28H33FN6/c1-3-36-14-10-21(11-15-36)24-8-9-27(32-18-24)34-29-33-19-26(31)28(35-29)23-7-6-22-16-20(2)30(25(22)17-23)12-4-5-13-30;1-3-35-12-14-36(15-13-35)23-8-9-26(31-18-23)33-28-32-19-25(30)27(34-28)22-7-6-21-16-20(2)29(24(21)17-22)10-4-5-11-29;1-19-15-21-5-6-22(16-24(21)29(19)11-3-4-12-29)27-25(30)18-32-28(34-27)33-26-8-7-23(17-31-26)20-9-13-35(2)14-10-20;1-6-28(4)18(3)32-25-17(2)13-21(14-22(25)28)26-23(29)16-31-27(34-26)33-24-8-7-20(15-30-24)19-9-11-35(5)12-10-19/h6-9,16-19,21H,3-5,10-15H2,1-2H3,(H,32,33,34,35);6-9,16-19H,3-5,10-15H2,1-2H3,(H,31,32,33,34);5-8,15-18,20H,3-4,9-14H2,1-2H3,(H,31,32,33,34);7-8,13-16,19H,6,9-12H2,1-5H3,(H,30,31,33,34). The maximum Gasteiger partial charge on any atom is 0.229 e. The Kier molecular flexibility index (Phi) is 28.1. The van der Waals surface area contributed by atoms with Gasteiger partial charge in [0, 0.05) is 94.4 Å². The van der Waals surface area contributed by atoms with E-state index in [-0.39, 0.29) is 27.4 Å². The normalized spacial score (nSPS) is 19.7. The largest absolute Gasteiger partial charge is 0.368 e. The second kappa shape index (κ2) is 41.3. The predicted octanol–water partition coefficient (Wildman–Crippen LogP) is 25.4. The average Bonchev–Trinajstić information content (AvgIpc) is 1.59. The van der Waals surface area contributed by atoms with Crippen molar-refractivity contribution < 1.29 is 17.6 Å². The third-order valence-electron chi connectivity index (χ3n) is 33.3. The van der Waals surface area contributed by atoms with Crippen molar-refractivity contribution in [2.75, 3.05) is 119 Å². The van der Waals surface area contributed by atoms with Crippen molar-refractivity contribution in [3.05, 3.63) is 266 Å². The van der Waals surface area contributed by atoms with Crippen molar-refractivity contribution >= 4 is 82.4 Å². The number of nitrogens with one attached hydrogen (secondary N) is 4. The van der Waals surface area contributed by atoms with E-state index < -0.39 is 23.3 Å². The van der Waals surface area contributed by atoms with E-state index in [1.807, 2.05) is 86.3 Å². The maximum atomic E-state index is 14.9. The molecule has 4 N–H and O–H groups in total. The third-order valence-corrected chi connectivity index (χ3v) is 33.3. The average molecular weight is 1910 g/mol. The molecule has 13 heterocycles. The molecule has 7 fully saturated rings. The van der Waals surface area contributed by atoms with Gasteiger partial charge in [0.15, 0.2) is 23.3 Å². The molecule has 11 aliphatic rings. The molecular weight excluding hydrogens is 1780 g/mol. The predicted molar refractivity (Wildman–Crippen MR) is 564 cm³/mol. The molecule has 22 nitrogen and oxygen atoms in total. The number of anilines is 9. The number of hydrogen-bond donors (Lipinski definition) is 4. The summed E-state index contributed by atoms with van der Waals surface area (Å²) in [5.41, 5.74) is 25.8. The van der Waals surface area contributed by atoms with Crippen LogP contribution in [0.15, 0.2) is 187 Å². The fourth-order valence-corrected chi connectivity index (χ4v) is 24.2. The Balaban J connectivity index is 0.000000116. The van der Waals surface area contributed by atoms with Crippen LogP contribution in [-0.2, 0) is 21.7 Å². The molecule has 1 atom stereocenters. The summed E-state index contributed by atoms with van der Waals surface area (Å²) in [5.74, 6) is 3.96. The molecule has 0 amide bonds.